The zero-order valence-electron chi connectivity index (χ0n) is 12.1. The lowest BCUT2D eigenvalue weighted by Crippen LogP contribution is -2.26. The number of aromatic nitrogens is 2. The summed E-state index contributed by atoms with van der Waals surface area (Å²) in [5.74, 6) is 1.15. The standard InChI is InChI=1S/C15H24N2O2/c1-4-5-12-15-13(17(16-12)6-7-18)8-11(10(2)3)9-14(15)19/h10-11,18H,4-9H2,1-3H3. The fourth-order valence-corrected chi connectivity index (χ4v) is 2.90. The van der Waals surface area contributed by atoms with Gasteiger partial charge in [-0.1, -0.05) is 27.2 Å². The van der Waals surface area contributed by atoms with Crippen molar-refractivity contribution in [2.24, 2.45) is 11.8 Å². The Morgan fingerprint density at radius 2 is 2.16 bits per heavy atom. The molecule has 1 atom stereocenters. The summed E-state index contributed by atoms with van der Waals surface area (Å²) in [5, 5.41) is 13.7. The third kappa shape index (κ3) is 2.73. The molecule has 1 aromatic rings. The number of aliphatic hydroxyl groups is 1. The molecule has 0 saturated carbocycles. The summed E-state index contributed by atoms with van der Waals surface area (Å²) in [6, 6.07) is 0. The molecule has 0 radical (unpaired) electrons. The van der Waals surface area contributed by atoms with E-state index in [1.165, 1.54) is 0 Å². The van der Waals surface area contributed by atoms with E-state index in [9.17, 15) is 4.79 Å². The second-order valence-corrected chi connectivity index (χ2v) is 5.80. The maximum absolute atomic E-state index is 12.4. The summed E-state index contributed by atoms with van der Waals surface area (Å²) in [5.41, 5.74) is 2.83. The van der Waals surface area contributed by atoms with Crippen LogP contribution in [0.1, 0.15) is 55.4 Å². The number of aryl methyl sites for hydroxylation is 1. The number of carbonyl (C=O) groups is 1. The maximum Gasteiger partial charge on any atom is 0.166 e. The zero-order chi connectivity index (χ0) is 14.0. The van der Waals surface area contributed by atoms with E-state index >= 15 is 0 Å². The Morgan fingerprint density at radius 1 is 1.42 bits per heavy atom. The number of rotatable bonds is 5. The predicted octanol–water partition coefficient (Wildman–Crippen LogP) is 2.23. The number of ketones is 1. The smallest absolute Gasteiger partial charge is 0.166 e. The van der Waals surface area contributed by atoms with Crippen LogP contribution in [-0.4, -0.2) is 27.3 Å². The van der Waals surface area contributed by atoms with Gasteiger partial charge >= 0.3 is 0 Å². The fourth-order valence-electron chi connectivity index (χ4n) is 2.90. The Labute approximate surface area is 114 Å². The zero-order valence-corrected chi connectivity index (χ0v) is 12.1. The monoisotopic (exact) mass is 264 g/mol. The van der Waals surface area contributed by atoms with Gasteiger partial charge < -0.3 is 5.11 Å². The highest BCUT2D eigenvalue weighted by Gasteiger charge is 2.32. The highest BCUT2D eigenvalue weighted by atomic mass is 16.3. The Bertz CT molecular complexity index is 463. The van der Waals surface area contributed by atoms with Crippen molar-refractivity contribution in [1.29, 1.82) is 0 Å². The molecule has 0 fully saturated rings. The molecule has 0 aliphatic heterocycles. The molecule has 1 N–H and O–H groups in total. The molecule has 19 heavy (non-hydrogen) atoms. The van der Waals surface area contributed by atoms with Gasteiger partial charge in [-0.05, 0) is 24.7 Å². The van der Waals surface area contributed by atoms with Gasteiger partial charge in [0.05, 0.1) is 24.4 Å². The summed E-state index contributed by atoms with van der Waals surface area (Å²) >= 11 is 0. The third-order valence-electron chi connectivity index (χ3n) is 4.05. The molecule has 0 saturated heterocycles. The van der Waals surface area contributed by atoms with E-state index in [2.05, 4.69) is 25.9 Å². The van der Waals surface area contributed by atoms with Crippen LogP contribution in [0.2, 0.25) is 0 Å². The Hall–Kier alpha value is -1.16. The van der Waals surface area contributed by atoms with Crippen LogP contribution in [0.3, 0.4) is 0 Å². The Balaban J connectivity index is 2.41. The van der Waals surface area contributed by atoms with E-state index in [-0.39, 0.29) is 12.4 Å². The highest BCUT2D eigenvalue weighted by Crippen LogP contribution is 2.32. The van der Waals surface area contributed by atoms with Crippen LogP contribution in [0.25, 0.3) is 0 Å². The lowest BCUT2D eigenvalue weighted by atomic mass is 9.79. The summed E-state index contributed by atoms with van der Waals surface area (Å²) in [4.78, 5) is 12.4. The van der Waals surface area contributed by atoms with Crippen molar-refractivity contribution in [3.05, 3.63) is 17.0 Å². The molecule has 0 aromatic carbocycles. The fraction of sp³-hybridized carbons (Fsp3) is 0.733. The van der Waals surface area contributed by atoms with Crippen LogP contribution < -0.4 is 0 Å². The lowest BCUT2D eigenvalue weighted by Gasteiger charge is -2.25. The number of carbonyl (C=O) groups excluding carboxylic acids is 1. The van der Waals surface area contributed by atoms with Crippen molar-refractivity contribution in [3.63, 3.8) is 0 Å². The number of fused-ring (bicyclic) bond motifs is 1. The van der Waals surface area contributed by atoms with Crippen LogP contribution in [0.15, 0.2) is 0 Å². The lowest BCUT2D eigenvalue weighted by molar-refractivity contribution is 0.0930. The first-order valence-corrected chi connectivity index (χ1v) is 7.31. The van der Waals surface area contributed by atoms with Gasteiger partial charge in [-0.2, -0.15) is 5.10 Å². The first-order chi connectivity index (χ1) is 9.08. The summed E-state index contributed by atoms with van der Waals surface area (Å²) in [7, 11) is 0. The van der Waals surface area contributed by atoms with Crippen LogP contribution in [0.5, 0.6) is 0 Å². The molecule has 4 nitrogen and oxygen atoms in total. The van der Waals surface area contributed by atoms with Gasteiger partial charge in [0.15, 0.2) is 5.78 Å². The minimum atomic E-state index is 0.0697. The van der Waals surface area contributed by atoms with Crippen molar-refractivity contribution in [3.8, 4) is 0 Å². The van der Waals surface area contributed by atoms with Gasteiger partial charge in [-0.15, -0.1) is 0 Å². The second-order valence-electron chi connectivity index (χ2n) is 5.80. The molecule has 0 spiro atoms. The summed E-state index contributed by atoms with van der Waals surface area (Å²) < 4.78 is 1.85. The van der Waals surface area contributed by atoms with Gasteiger partial charge in [0.1, 0.15) is 0 Å². The van der Waals surface area contributed by atoms with E-state index in [4.69, 9.17) is 5.11 Å². The molecule has 1 aliphatic carbocycles. The molecule has 2 rings (SSSR count). The van der Waals surface area contributed by atoms with Gasteiger partial charge in [0.25, 0.3) is 0 Å². The van der Waals surface area contributed by atoms with Crippen molar-refractivity contribution < 1.29 is 9.90 Å². The average molecular weight is 264 g/mol. The number of aliphatic hydroxyl groups excluding tert-OH is 1. The van der Waals surface area contributed by atoms with Gasteiger partial charge in [-0.25, -0.2) is 0 Å². The van der Waals surface area contributed by atoms with Crippen molar-refractivity contribution >= 4 is 5.78 Å². The van der Waals surface area contributed by atoms with Crippen LogP contribution in [0, 0.1) is 11.8 Å². The molecule has 1 aliphatic rings. The quantitative estimate of drug-likeness (QED) is 0.887. The van der Waals surface area contributed by atoms with Crippen LogP contribution in [0.4, 0.5) is 0 Å². The number of Topliss-reactive ketones (excluding diaryl/α,β-unsaturated/α-hetero) is 1. The van der Waals surface area contributed by atoms with E-state index < -0.39 is 0 Å². The van der Waals surface area contributed by atoms with Crippen molar-refractivity contribution in [1.82, 2.24) is 9.78 Å². The van der Waals surface area contributed by atoms with Gasteiger partial charge in [0.2, 0.25) is 0 Å². The SMILES string of the molecule is CCCc1nn(CCO)c2c1C(=O)CC(C(C)C)C2. The van der Waals surface area contributed by atoms with Crippen LogP contribution in [-0.2, 0) is 19.4 Å². The molecular formula is C15H24N2O2. The molecule has 106 valence electrons. The topological polar surface area (TPSA) is 55.1 Å². The van der Waals surface area contributed by atoms with Crippen LogP contribution >= 0.6 is 0 Å². The minimum absolute atomic E-state index is 0.0697. The molecule has 1 unspecified atom stereocenters. The van der Waals surface area contributed by atoms with Gasteiger partial charge in [-0.3, -0.25) is 9.48 Å². The summed E-state index contributed by atoms with van der Waals surface area (Å²) in [6.07, 6.45) is 3.39. The van der Waals surface area contributed by atoms with Crippen molar-refractivity contribution in [2.75, 3.05) is 6.61 Å². The number of hydrogen-bond donors (Lipinski definition) is 1. The Kier molecular flexibility index (Phi) is 4.40. The summed E-state index contributed by atoms with van der Waals surface area (Å²) in [6.45, 7) is 7.00. The van der Waals surface area contributed by atoms with E-state index in [0.29, 0.717) is 24.8 Å². The molecular weight excluding hydrogens is 240 g/mol. The normalized spacial score (nSPS) is 19.0. The molecule has 0 bridgehead atoms. The molecule has 1 aromatic heterocycles. The molecule has 1 heterocycles. The van der Waals surface area contributed by atoms with E-state index in [0.717, 1.165) is 36.2 Å². The number of nitrogens with zero attached hydrogens (tertiary/aromatic N) is 2. The maximum atomic E-state index is 12.4. The predicted molar refractivity (Wildman–Crippen MR) is 74.3 cm³/mol. The highest BCUT2D eigenvalue weighted by molar-refractivity contribution is 5.99. The van der Waals surface area contributed by atoms with E-state index in [1.54, 1.807) is 0 Å². The number of hydrogen-bond acceptors (Lipinski definition) is 3. The average Bonchev–Trinajstić information content (AvgIpc) is 2.69. The molecule has 4 heteroatoms. The van der Waals surface area contributed by atoms with E-state index in [1.807, 2.05) is 4.68 Å². The van der Waals surface area contributed by atoms with Gasteiger partial charge in [0, 0.05) is 12.1 Å². The third-order valence-corrected chi connectivity index (χ3v) is 4.05. The largest absolute Gasteiger partial charge is 0.394 e. The Morgan fingerprint density at radius 3 is 2.74 bits per heavy atom. The second kappa shape index (κ2) is 5.87. The van der Waals surface area contributed by atoms with Crippen molar-refractivity contribution in [2.45, 2.75) is 53.0 Å². The molecule has 0 amide bonds. The first kappa shape index (κ1) is 14.3. The minimum Gasteiger partial charge on any atom is -0.394 e. The first-order valence-electron chi connectivity index (χ1n) is 7.31.